The molecule has 0 aliphatic carbocycles. The number of benzene rings is 9. The Bertz CT molecular complexity index is 3470. The van der Waals surface area contributed by atoms with Crippen molar-refractivity contribution in [2.24, 2.45) is 0 Å². The molecule has 0 N–H and O–H groups in total. The SMILES string of the molecule is c1ccc(-c2ccc(-c3nc(-n4c5ccc(S(c6ccccc6)(c6ccccc6)c6ccccc6)cc5c5cc6oc7ccccc7c6cc54)nc4ccccc34)cc2)cc1. The number of hydrogen-bond donors (Lipinski definition) is 0. The Hall–Kier alpha value is -7.73. The van der Waals surface area contributed by atoms with Crippen molar-refractivity contribution in [2.75, 3.05) is 0 Å². The molecule has 0 atom stereocenters. The lowest BCUT2D eigenvalue weighted by molar-refractivity contribution is 0.669. The highest BCUT2D eigenvalue weighted by molar-refractivity contribution is 8.34. The van der Waals surface area contributed by atoms with Crippen molar-refractivity contribution in [1.82, 2.24) is 14.5 Å². The topological polar surface area (TPSA) is 43.9 Å². The van der Waals surface area contributed by atoms with E-state index >= 15 is 0 Å². The summed E-state index contributed by atoms with van der Waals surface area (Å²) in [6, 6.07) is 80.4. The summed E-state index contributed by atoms with van der Waals surface area (Å²) in [5, 5.41) is 5.34. The minimum Gasteiger partial charge on any atom is -0.456 e. The predicted molar refractivity (Wildman–Crippen MR) is 252 cm³/mol. The molecule has 12 rings (SSSR count). The molecule has 0 aliphatic rings. The Kier molecular flexibility index (Phi) is 8.22. The van der Waals surface area contributed by atoms with E-state index in [1.54, 1.807) is 0 Å². The zero-order chi connectivity index (χ0) is 40.3. The van der Waals surface area contributed by atoms with E-state index in [0.29, 0.717) is 5.95 Å². The third-order valence-corrected chi connectivity index (χ3v) is 15.8. The fourth-order valence-corrected chi connectivity index (χ4v) is 13.0. The van der Waals surface area contributed by atoms with E-state index in [1.165, 1.54) is 25.1 Å². The predicted octanol–water partition coefficient (Wildman–Crippen LogP) is 15.3. The van der Waals surface area contributed by atoms with Gasteiger partial charge >= 0.3 is 0 Å². The molecule has 0 aliphatic heterocycles. The van der Waals surface area contributed by atoms with Gasteiger partial charge in [0, 0.05) is 52.1 Å². The van der Waals surface area contributed by atoms with Gasteiger partial charge in [-0.2, -0.15) is 0 Å². The van der Waals surface area contributed by atoms with Crippen molar-refractivity contribution < 1.29 is 4.42 Å². The van der Waals surface area contributed by atoms with Gasteiger partial charge in [-0.15, -0.1) is 10.0 Å². The van der Waals surface area contributed by atoms with Crippen molar-refractivity contribution in [3.05, 3.63) is 224 Å². The Morgan fingerprint density at radius 1 is 0.344 bits per heavy atom. The van der Waals surface area contributed by atoms with Gasteiger partial charge < -0.3 is 4.42 Å². The summed E-state index contributed by atoms with van der Waals surface area (Å²) in [6.07, 6.45) is 0. The van der Waals surface area contributed by atoms with Gasteiger partial charge in [0.1, 0.15) is 11.2 Å². The first-order valence-electron chi connectivity index (χ1n) is 20.6. The van der Waals surface area contributed by atoms with E-state index < -0.39 is 10.0 Å². The first-order chi connectivity index (χ1) is 30.2. The summed E-state index contributed by atoms with van der Waals surface area (Å²) in [7, 11) is -1.95. The third kappa shape index (κ3) is 5.62. The zero-order valence-corrected chi connectivity index (χ0v) is 33.8. The molecule has 9 aromatic carbocycles. The van der Waals surface area contributed by atoms with Crippen molar-refractivity contribution in [2.45, 2.75) is 19.6 Å². The second-order valence-electron chi connectivity index (χ2n) is 15.4. The molecule has 0 spiro atoms. The van der Waals surface area contributed by atoms with Crippen LogP contribution in [0.5, 0.6) is 0 Å². The smallest absolute Gasteiger partial charge is 0.235 e. The number of fused-ring (bicyclic) bond motifs is 7. The first kappa shape index (κ1) is 35.2. The maximum atomic E-state index is 6.57. The van der Waals surface area contributed by atoms with Gasteiger partial charge in [0.2, 0.25) is 5.95 Å². The van der Waals surface area contributed by atoms with Crippen LogP contribution in [-0.2, 0) is 0 Å². The first-order valence-corrected chi connectivity index (χ1v) is 22.2. The summed E-state index contributed by atoms with van der Waals surface area (Å²) in [5.41, 5.74) is 8.92. The Morgan fingerprint density at radius 2 is 0.885 bits per heavy atom. The van der Waals surface area contributed by atoms with Crippen LogP contribution in [0.1, 0.15) is 0 Å². The van der Waals surface area contributed by atoms with Crippen LogP contribution in [0.4, 0.5) is 0 Å². The van der Waals surface area contributed by atoms with E-state index in [1.807, 2.05) is 12.1 Å². The number of rotatable bonds is 7. The molecule has 61 heavy (non-hydrogen) atoms. The maximum absolute atomic E-state index is 6.57. The molecule has 12 aromatic rings. The quantitative estimate of drug-likeness (QED) is 0.161. The summed E-state index contributed by atoms with van der Waals surface area (Å²) in [6.45, 7) is 0. The van der Waals surface area contributed by atoms with Gasteiger partial charge in [-0.1, -0.05) is 146 Å². The lowest BCUT2D eigenvalue weighted by atomic mass is 10.0. The van der Waals surface area contributed by atoms with Crippen LogP contribution >= 0.6 is 10.0 Å². The number of furan rings is 1. The van der Waals surface area contributed by atoms with E-state index in [4.69, 9.17) is 14.4 Å². The second kappa shape index (κ2) is 14.2. The number of para-hydroxylation sites is 2. The molecule has 5 heteroatoms. The molecule has 288 valence electrons. The zero-order valence-electron chi connectivity index (χ0n) is 33.0. The van der Waals surface area contributed by atoms with Crippen LogP contribution in [0.15, 0.2) is 248 Å². The number of aromatic nitrogens is 3. The van der Waals surface area contributed by atoms with Crippen LogP contribution < -0.4 is 0 Å². The minimum atomic E-state index is -1.95. The lowest BCUT2D eigenvalue weighted by Crippen LogP contribution is -2.05. The lowest BCUT2D eigenvalue weighted by Gasteiger charge is -2.42. The van der Waals surface area contributed by atoms with Crippen LogP contribution in [0.25, 0.3) is 83.0 Å². The minimum absolute atomic E-state index is 0.619. The van der Waals surface area contributed by atoms with Crippen molar-refractivity contribution in [3.63, 3.8) is 0 Å². The van der Waals surface area contributed by atoms with Gasteiger partial charge in [-0.3, -0.25) is 4.57 Å². The summed E-state index contributed by atoms with van der Waals surface area (Å²) in [4.78, 5) is 15.9. The molecule has 0 saturated carbocycles. The molecular formula is C56H37N3OS. The fraction of sp³-hybridized carbons (Fsp3) is 0. The number of hydrogen-bond acceptors (Lipinski definition) is 3. The Morgan fingerprint density at radius 3 is 1.56 bits per heavy atom. The highest BCUT2D eigenvalue weighted by Gasteiger charge is 2.34. The number of nitrogens with zero attached hydrogens (tertiary/aromatic N) is 3. The van der Waals surface area contributed by atoms with Crippen molar-refractivity contribution in [1.29, 1.82) is 0 Å². The molecule has 0 bridgehead atoms. The average Bonchev–Trinajstić information content (AvgIpc) is 3.86. The third-order valence-electron chi connectivity index (χ3n) is 11.9. The molecular weight excluding hydrogens is 763 g/mol. The molecule has 0 amide bonds. The summed E-state index contributed by atoms with van der Waals surface area (Å²) < 4.78 is 8.83. The summed E-state index contributed by atoms with van der Waals surface area (Å²) >= 11 is 0. The second-order valence-corrected chi connectivity index (χ2v) is 18.5. The van der Waals surface area contributed by atoms with Gasteiger partial charge in [0.25, 0.3) is 0 Å². The van der Waals surface area contributed by atoms with E-state index in [9.17, 15) is 0 Å². The molecule has 0 radical (unpaired) electrons. The standard InChI is InChI=1S/C56H37N3OS/c1-5-17-38(18-6-1)39-29-31-40(32-30-39)55-46-26-13-15-27-50(46)57-56(58-55)59-51-34-33-44(35-47(51)48-37-54-49(36-52(48)59)45-25-14-16-28-53(45)60-54)61(41-19-7-2-8-20-41,42-21-9-3-10-22-42)43-23-11-4-12-24-43/h1-37H. The maximum Gasteiger partial charge on any atom is 0.235 e. The molecule has 4 nitrogen and oxygen atoms in total. The Labute approximate surface area is 354 Å². The monoisotopic (exact) mass is 799 g/mol. The normalized spacial score (nSPS) is 12.2. The van der Waals surface area contributed by atoms with Gasteiger partial charge in [0.05, 0.1) is 22.2 Å². The summed E-state index contributed by atoms with van der Waals surface area (Å²) in [5.74, 6) is 0.619. The van der Waals surface area contributed by atoms with Crippen molar-refractivity contribution in [3.8, 4) is 28.3 Å². The van der Waals surface area contributed by atoms with E-state index in [2.05, 4.69) is 217 Å². The van der Waals surface area contributed by atoms with Crippen LogP contribution in [0, 0.1) is 0 Å². The van der Waals surface area contributed by atoms with Crippen LogP contribution in [0.2, 0.25) is 0 Å². The molecule has 0 saturated heterocycles. The molecule has 0 fully saturated rings. The molecule has 3 aromatic heterocycles. The van der Waals surface area contributed by atoms with Crippen LogP contribution in [0.3, 0.4) is 0 Å². The van der Waals surface area contributed by atoms with Crippen molar-refractivity contribution >= 4 is 64.7 Å². The fourth-order valence-electron chi connectivity index (χ4n) is 9.15. The van der Waals surface area contributed by atoms with E-state index in [-0.39, 0.29) is 0 Å². The van der Waals surface area contributed by atoms with Crippen LogP contribution in [-0.4, -0.2) is 14.5 Å². The highest BCUT2D eigenvalue weighted by Crippen LogP contribution is 2.73. The Balaban J connectivity index is 1.16. The van der Waals surface area contributed by atoms with Gasteiger partial charge in [-0.05, 0) is 90.0 Å². The molecule has 0 unspecified atom stereocenters. The van der Waals surface area contributed by atoms with Gasteiger partial charge in [0.15, 0.2) is 0 Å². The van der Waals surface area contributed by atoms with E-state index in [0.717, 1.165) is 71.5 Å². The largest absolute Gasteiger partial charge is 0.456 e. The highest BCUT2D eigenvalue weighted by atomic mass is 32.3. The average molecular weight is 800 g/mol. The molecule has 3 heterocycles. The van der Waals surface area contributed by atoms with Gasteiger partial charge in [-0.25, -0.2) is 9.97 Å².